The Kier molecular flexibility index (Phi) is 3.30. The van der Waals surface area contributed by atoms with E-state index in [1.807, 2.05) is 0 Å². The van der Waals surface area contributed by atoms with Gasteiger partial charge in [0.15, 0.2) is 0 Å². The standard InChI is InChI=1S/C12H12F3NO3/c13-12(14,15)6-16(7-4-5-7)11(19)10-8(17)2-1-3-9(10)18/h1-3,7,17-18H,4-6H2. The minimum atomic E-state index is -4.52. The summed E-state index contributed by atoms with van der Waals surface area (Å²) in [5, 5.41) is 19.0. The minimum absolute atomic E-state index is 0.479. The summed E-state index contributed by atoms with van der Waals surface area (Å²) in [5.74, 6) is -2.06. The molecule has 1 aromatic carbocycles. The molecule has 0 saturated heterocycles. The zero-order valence-corrected chi connectivity index (χ0v) is 9.81. The maximum absolute atomic E-state index is 12.5. The molecule has 1 aliphatic carbocycles. The number of rotatable bonds is 3. The molecule has 19 heavy (non-hydrogen) atoms. The third-order valence-electron chi connectivity index (χ3n) is 2.83. The lowest BCUT2D eigenvalue weighted by Gasteiger charge is -2.24. The predicted molar refractivity (Wildman–Crippen MR) is 59.9 cm³/mol. The van der Waals surface area contributed by atoms with Gasteiger partial charge >= 0.3 is 6.18 Å². The van der Waals surface area contributed by atoms with Crippen LogP contribution in [0, 0.1) is 0 Å². The first kappa shape index (κ1) is 13.5. The predicted octanol–water partition coefficient (Wildman–Crippen LogP) is 2.26. The zero-order valence-electron chi connectivity index (χ0n) is 9.81. The second-order valence-electron chi connectivity index (χ2n) is 4.45. The van der Waals surface area contributed by atoms with Crippen molar-refractivity contribution >= 4 is 5.91 Å². The van der Waals surface area contributed by atoms with E-state index in [4.69, 9.17) is 0 Å². The van der Waals surface area contributed by atoms with Gasteiger partial charge in [0.25, 0.3) is 5.91 Å². The van der Waals surface area contributed by atoms with Gasteiger partial charge in [-0.2, -0.15) is 13.2 Å². The summed E-state index contributed by atoms with van der Waals surface area (Å²) in [6, 6.07) is 3.11. The molecule has 104 valence electrons. The van der Waals surface area contributed by atoms with Crippen LogP contribution in [0.5, 0.6) is 11.5 Å². The lowest BCUT2D eigenvalue weighted by atomic mass is 10.1. The second kappa shape index (κ2) is 4.64. The SMILES string of the molecule is O=C(c1c(O)cccc1O)N(CC(F)(F)F)C1CC1. The molecule has 1 aliphatic rings. The van der Waals surface area contributed by atoms with Gasteiger partial charge in [-0.3, -0.25) is 4.79 Å². The van der Waals surface area contributed by atoms with Crippen molar-refractivity contribution in [3.63, 3.8) is 0 Å². The van der Waals surface area contributed by atoms with E-state index in [1.165, 1.54) is 6.07 Å². The molecule has 1 saturated carbocycles. The van der Waals surface area contributed by atoms with Crippen molar-refractivity contribution in [2.45, 2.75) is 25.1 Å². The molecule has 0 bridgehead atoms. The lowest BCUT2D eigenvalue weighted by molar-refractivity contribution is -0.141. The number of halogens is 3. The molecule has 0 atom stereocenters. The molecule has 2 N–H and O–H groups in total. The van der Waals surface area contributed by atoms with Gasteiger partial charge in [0.1, 0.15) is 23.6 Å². The molecule has 4 nitrogen and oxygen atoms in total. The van der Waals surface area contributed by atoms with Crippen LogP contribution in [0.15, 0.2) is 18.2 Å². The third kappa shape index (κ3) is 3.10. The average molecular weight is 275 g/mol. The van der Waals surface area contributed by atoms with Gasteiger partial charge in [0, 0.05) is 6.04 Å². The maximum atomic E-state index is 12.5. The third-order valence-corrected chi connectivity index (χ3v) is 2.83. The van der Waals surface area contributed by atoms with E-state index in [1.54, 1.807) is 0 Å². The van der Waals surface area contributed by atoms with Crippen LogP contribution in [0.4, 0.5) is 13.2 Å². The molecule has 1 aromatic rings. The van der Waals surface area contributed by atoms with Crippen LogP contribution in [0.2, 0.25) is 0 Å². The molecule has 7 heteroatoms. The molecule has 1 amide bonds. The van der Waals surface area contributed by atoms with E-state index in [9.17, 15) is 28.2 Å². The number of phenols is 2. The average Bonchev–Trinajstić information content (AvgIpc) is 3.08. The van der Waals surface area contributed by atoms with Gasteiger partial charge in [-0.1, -0.05) is 6.07 Å². The first-order chi connectivity index (χ1) is 8.79. The van der Waals surface area contributed by atoms with E-state index in [2.05, 4.69) is 0 Å². The summed E-state index contributed by atoms with van der Waals surface area (Å²) in [5.41, 5.74) is -0.487. The number of benzene rings is 1. The number of nitrogens with zero attached hydrogens (tertiary/aromatic N) is 1. The highest BCUT2D eigenvalue weighted by Crippen LogP contribution is 2.35. The molecule has 0 aromatic heterocycles. The van der Waals surface area contributed by atoms with Crippen LogP contribution in [-0.4, -0.2) is 39.8 Å². The Morgan fingerprint density at radius 3 is 2.21 bits per heavy atom. The summed E-state index contributed by atoms with van der Waals surface area (Å²) in [7, 11) is 0. The van der Waals surface area contributed by atoms with Crippen molar-refractivity contribution in [3.05, 3.63) is 23.8 Å². The van der Waals surface area contributed by atoms with E-state index in [0.29, 0.717) is 17.7 Å². The summed E-state index contributed by atoms with van der Waals surface area (Å²) in [6.45, 7) is -1.38. The van der Waals surface area contributed by atoms with Crippen molar-refractivity contribution in [1.29, 1.82) is 0 Å². The highest BCUT2D eigenvalue weighted by Gasteiger charge is 2.41. The summed E-state index contributed by atoms with van der Waals surface area (Å²) in [4.78, 5) is 12.7. The van der Waals surface area contributed by atoms with Crippen LogP contribution >= 0.6 is 0 Å². The van der Waals surface area contributed by atoms with E-state index in [0.717, 1.165) is 12.1 Å². The normalized spacial score (nSPS) is 15.3. The van der Waals surface area contributed by atoms with E-state index < -0.39 is 41.7 Å². The molecule has 0 aliphatic heterocycles. The quantitative estimate of drug-likeness (QED) is 0.889. The monoisotopic (exact) mass is 275 g/mol. The highest BCUT2D eigenvalue weighted by atomic mass is 19.4. The van der Waals surface area contributed by atoms with Crippen molar-refractivity contribution in [2.24, 2.45) is 0 Å². The molecule has 0 spiro atoms. The minimum Gasteiger partial charge on any atom is -0.507 e. The number of phenolic OH excluding ortho intramolecular Hbond substituents is 2. The van der Waals surface area contributed by atoms with Gasteiger partial charge in [-0.05, 0) is 25.0 Å². The van der Waals surface area contributed by atoms with Crippen LogP contribution < -0.4 is 0 Å². The molecule has 0 heterocycles. The Hall–Kier alpha value is -1.92. The van der Waals surface area contributed by atoms with Gasteiger partial charge in [-0.25, -0.2) is 0 Å². The number of amides is 1. The molecule has 0 unspecified atom stereocenters. The van der Waals surface area contributed by atoms with Crippen LogP contribution in [-0.2, 0) is 0 Å². The Morgan fingerprint density at radius 1 is 1.26 bits per heavy atom. The first-order valence-corrected chi connectivity index (χ1v) is 5.68. The number of carbonyl (C=O) groups excluding carboxylic acids is 1. The fourth-order valence-corrected chi connectivity index (χ4v) is 1.84. The molecular formula is C12H12F3NO3. The lowest BCUT2D eigenvalue weighted by Crippen LogP contribution is -2.40. The Bertz CT molecular complexity index is 477. The number of alkyl halides is 3. The fourth-order valence-electron chi connectivity index (χ4n) is 1.84. The van der Waals surface area contributed by atoms with Gasteiger partial charge in [0.05, 0.1) is 0 Å². The number of hydrogen-bond acceptors (Lipinski definition) is 3. The topological polar surface area (TPSA) is 60.8 Å². The van der Waals surface area contributed by atoms with Crippen molar-refractivity contribution < 1.29 is 28.2 Å². The Morgan fingerprint density at radius 2 is 1.79 bits per heavy atom. The molecule has 0 radical (unpaired) electrons. The van der Waals surface area contributed by atoms with Gasteiger partial charge in [0.2, 0.25) is 0 Å². The molecule has 2 rings (SSSR count). The van der Waals surface area contributed by atoms with E-state index in [-0.39, 0.29) is 0 Å². The van der Waals surface area contributed by atoms with Crippen LogP contribution in [0.1, 0.15) is 23.2 Å². The van der Waals surface area contributed by atoms with Crippen LogP contribution in [0.3, 0.4) is 0 Å². The highest BCUT2D eigenvalue weighted by molar-refractivity contribution is 5.99. The number of aromatic hydroxyl groups is 2. The van der Waals surface area contributed by atoms with Gasteiger partial charge < -0.3 is 15.1 Å². The molecule has 1 fully saturated rings. The first-order valence-electron chi connectivity index (χ1n) is 5.68. The Balaban J connectivity index is 2.29. The summed E-state index contributed by atoms with van der Waals surface area (Å²) >= 11 is 0. The van der Waals surface area contributed by atoms with Gasteiger partial charge in [-0.15, -0.1) is 0 Å². The fraction of sp³-hybridized carbons (Fsp3) is 0.417. The smallest absolute Gasteiger partial charge is 0.406 e. The van der Waals surface area contributed by atoms with Crippen LogP contribution in [0.25, 0.3) is 0 Å². The summed E-state index contributed by atoms with van der Waals surface area (Å²) in [6.07, 6.45) is -3.52. The van der Waals surface area contributed by atoms with Crippen molar-refractivity contribution in [3.8, 4) is 11.5 Å². The molecular weight excluding hydrogens is 263 g/mol. The summed E-state index contributed by atoms with van der Waals surface area (Å²) < 4.78 is 37.4. The largest absolute Gasteiger partial charge is 0.507 e. The van der Waals surface area contributed by atoms with Crippen molar-refractivity contribution in [1.82, 2.24) is 4.90 Å². The zero-order chi connectivity index (χ0) is 14.2. The number of hydrogen-bond donors (Lipinski definition) is 2. The number of carbonyl (C=O) groups is 1. The second-order valence-corrected chi connectivity index (χ2v) is 4.45. The van der Waals surface area contributed by atoms with E-state index >= 15 is 0 Å². The Labute approximate surface area is 107 Å². The maximum Gasteiger partial charge on any atom is 0.406 e. The van der Waals surface area contributed by atoms with Crippen molar-refractivity contribution in [2.75, 3.05) is 6.54 Å².